The predicted octanol–water partition coefficient (Wildman–Crippen LogP) is -6.21. The monoisotopic (exact) mass is 544 g/mol. The molecule has 16 nitrogen and oxygen atoms in total. The zero-order valence-corrected chi connectivity index (χ0v) is 20.4. The molecule has 0 saturated carbocycles. The normalized spacial score (nSPS) is 49.2. The van der Waals surface area contributed by atoms with Crippen LogP contribution in [0.3, 0.4) is 0 Å². The summed E-state index contributed by atoms with van der Waals surface area (Å²) in [5.74, 6) is 0. The molecule has 0 bridgehead atoms. The van der Waals surface area contributed by atoms with Gasteiger partial charge in [-0.1, -0.05) is 0 Å². The molecule has 0 aromatic heterocycles. The number of hydrogen-bond donors (Lipinski definition) is 10. The molecule has 0 amide bonds. The Morgan fingerprint density at radius 2 is 1.27 bits per heavy atom. The molecule has 37 heavy (non-hydrogen) atoms. The van der Waals surface area contributed by atoms with Gasteiger partial charge in [-0.15, -0.1) is 0 Å². The third-order valence-corrected chi connectivity index (χ3v) is 6.75. The van der Waals surface area contributed by atoms with Gasteiger partial charge in [0.05, 0.1) is 32.0 Å². The Labute approximate surface area is 213 Å². The molecule has 3 heterocycles. The molecule has 3 aliphatic rings. The molecule has 0 aromatic carbocycles. The minimum absolute atomic E-state index is 0.0742. The van der Waals surface area contributed by atoms with E-state index < -0.39 is 105 Å². The average Bonchev–Trinajstić information content (AvgIpc) is 2.88. The quantitative estimate of drug-likeness (QED) is 0.115. The fourth-order valence-electron chi connectivity index (χ4n) is 4.42. The van der Waals surface area contributed by atoms with Crippen molar-refractivity contribution in [1.82, 2.24) is 0 Å². The van der Waals surface area contributed by atoms with Crippen LogP contribution in [0.25, 0.3) is 0 Å². The number of hydrogen-bond acceptors (Lipinski definition) is 16. The number of ether oxygens (including phenoxy) is 6. The van der Waals surface area contributed by atoms with E-state index in [2.05, 4.69) is 0 Å². The van der Waals surface area contributed by atoms with E-state index in [4.69, 9.17) is 39.9 Å². The Morgan fingerprint density at radius 3 is 1.89 bits per heavy atom. The summed E-state index contributed by atoms with van der Waals surface area (Å²) < 4.78 is 34.2. The van der Waals surface area contributed by atoms with Gasteiger partial charge in [0, 0.05) is 0 Å². The van der Waals surface area contributed by atoms with Crippen LogP contribution in [0, 0.1) is 0 Å². The van der Waals surface area contributed by atoms with Gasteiger partial charge in [0.25, 0.3) is 0 Å². The standard InChI is InChI=1S/C21H40N2O14/c1-7-11(26)15(30)16(31)20(33-7)37-18-17(13(28)9(6-25)35-21(18)32-4-2-3-22)36-19-10(23)14(29)12(27)8(5-24)34-19/h7-21,24-31H,2-6,22-23H2,1H3/t7?,8?,9?,10?,11?,12-,13-,14?,15?,16?,17?,18?,19-,20-,21+/m0/s1. The highest BCUT2D eigenvalue weighted by Gasteiger charge is 2.53. The van der Waals surface area contributed by atoms with E-state index in [-0.39, 0.29) is 13.2 Å². The van der Waals surface area contributed by atoms with Crippen molar-refractivity contribution in [1.29, 1.82) is 0 Å². The summed E-state index contributed by atoms with van der Waals surface area (Å²) in [5, 5.41) is 81.3. The van der Waals surface area contributed by atoms with Crippen molar-refractivity contribution in [2.45, 2.75) is 105 Å². The molecule has 3 fully saturated rings. The highest BCUT2D eigenvalue weighted by molar-refractivity contribution is 4.97. The van der Waals surface area contributed by atoms with E-state index in [1.165, 1.54) is 6.92 Å². The highest BCUT2D eigenvalue weighted by atomic mass is 16.8. The second kappa shape index (κ2) is 13.6. The summed E-state index contributed by atoms with van der Waals surface area (Å²) in [6.07, 6.45) is -19.6. The van der Waals surface area contributed by atoms with Gasteiger partial charge in [-0.3, -0.25) is 0 Å². The first-order valence-corrected chi connectivity index (χ1v) is 12.2. The van der Waals surface area contributed by atoms with E-state index in [0.717, 1.165) is 0 Å². The van der Waals surface area contributed by atoms with Gasteiger partial charge in [-0.2, -0.15) is 0 Å². The Balaban J connectivity index is 1.89. The highest BCUT2D eigenvalue weighted by Crippen LogP contribution is 2.33. The van der Waals surface area contributed by atoms with Crippen LogP contribution >= 0.6 is 0 Å². The first-order chi connectivity index (χ1) is 17.5. The maximum Gasteiger partial charge on any atom is 0.187 e. The lowest BCUT2D eigenvalue weighted by molar-refractivity contribution is -0.384. The van der Waals surface area contributed by atoms with Gasteiger partial charge >= 0.3 is 0 Å². The van der Waals surface area contributed by atoms with Crippen molar-refractivity contribution in [3.8, 4) is 0 Å². The summed E-state index contributed by atoms with van der Waals surface area (Å²) in [6.45, 7) is 0.469. The van der Waals surface area contributed by atoms with E-state index in [9.17, 15) is 40.9 Å². The molecular formula is C21H40N2O14. The lowest BCUT2D eigenvalue weighted by Crippen LogP contribution is -2.68. The lowest BCUT2D eigenvalue weighted by Gasteiger charge is -2.49. The number of rotatable bonds is 10. The van der Waals surface area contributed by atoms with Crippen LogP contribution in [-0.2, 0) is 28.4 Å². The fourth-order valence-corrected chi connectivity index (χ4v) is 4.42. The van der Waals surface area contributed by atoms with E-state index in [1.54, 1.807) is 0 Å². The van der Waals surface area contributed by atoms with Crippen LogP contribution in [0.5, 0.6) is 0 Å². The predicted molar refractivity (Wildman–Crippen MR) is 119 cm³/mol. The zero-order valence-electron chi connectivity index (χ0n) is 20.4. The maximum absolute atomic E-state index is 11.0. The average molecular weight is 545 g/mol. The molecular weight excluding hydrogens is 504 g/mol. The van der Waals surface area contributed by atoms with Crippen LogP contribution in [0.2, 0.25) is 0 Å². The lowest BCUT2D eigenvalue weighted by atomic mass is 9.95. The second-order valence-corrected chi connectivity index (χ2v) is 9.40. The van der Waals surface area contributed by atoms with Crippen molar-refractivity contribution in [3.05, 3.63) is 0 Å². The van der Waals surface area contributed by atoms with Gasteiger partial charge in [0.15, 0.2) is 18.9 Å². The van der Waals surface area contributed by atoms with Crippen molar-refractivity contribution in [3.63, 3.8) is 0 Å². The molecule has 0 aromatic rings. The third-order valence-electron chi connectivity index (χ3n) is 6.75. The van der Waals surface area contributed by atoms with Gasteiger partial charge in [-0.05, 0) is 19.9 Å². The van der Waals surface area contributed by atoms with Crippen LogP contribution in [-0.4, -0.2) is 159 Å². The molecule has 3 saturated heterocycles. The summed E-state index contributed by atoms with van der Waals surface area (Å²) >= 11 is 0. The number of aliphatic hydroxyl groups excluding tert-OH is 8. The summed E-state index contributed by atoms with van der Waals surface area (Å²) in [6, 6.07) is -1.33. The molecule has 0 radical (unpaired) electrons. The minimum atomic E-state index is -1.71. The number of nitrogens with two attached hydrogens (primary N) is 2. The van der Waals surface area contributed by atoms with Gasteiger partial charge < -0.3 is 80.7 Å². The Bertz CT molecular complexity index is 694. The first-order valence-electron chi connectivity index (χ1n) is 12.2. The molecule has 3 rings (SSSR count). The van der Waals surface area contributed by atoms with Crippen LogP contribution < -0.4 is 11.5 Å². The van der Waals surface area contributed by atoms with Crippen molar-refractivity contribution < 1.29 is 69.3 Å². The van der Waals surface area contributed by atoms with Crippen molar-refractivity contribution in [2.75, 3.05) is 26.4 Å². The summed E-state index contributed by atoms with van der Waals surface area (Å²) in [4.78, 5) is 0. The molecule has 0 spiro atoms. The van der Waals surface area contributed by atoms with Gasteiger partial charge in [0.2, 0.25) is 0 Å². The zero-order chi connectivity index (χ0) is 27.4. The van der Waals surface area contributed by atoms with Gasteiger partial charge in [0.1, 0.15) is 61.0 Å². The van der Waals surface area contributed by atoms with Crippen LogP contribution in [0.1, 0.15) is 13.3 Å². The molecule has 10 unspecified atom stereocenters. The largest absolute Gasteiger partial charge is 0.394 e. The fraction of sp³-hybridized carbons (Fsp3) is 1.00. The van der Waals surface area contributed by atoms with Crippen LogP contribution in [0.4, 0.5) is 0 Å². The van der Waals surface area contributed by atoms with E-state index in [0.29, 0.717) is 6.42 Å². The van der Waals surface area contributed by atoms with Crippen molar-refractivity contribution >= 4 is 0 Å². The topological polar surface area (TPSA) is 269 Å². The molecule has 0 aliphatic carbocycles. The Morgan fingerprint density at radius 1 is 0.676 bits per heavy atom. The van der Waals surface area contributed by atoms with Gasteiger partial charge in [-0.25, -0.2) is 0 Å². The maximum atomic E-state index is 11.0. The molecule has 15 atom stereocenters. The van der Waals surface area contributed by atoms with E-state index >= 15 is 0 Å². The third kappa shape index (κ3) is 6.75. The molecule has 218 valence electrons. The SMILES string of the molecule is CC1O[C@@H](OC2C(O[C@@H]3OC(CO)[C@H](O)C(O)C3N)[C@@H](O)C(CO)O[C@H]2OCCCN)C(O)C(O)C1O. The molecule has 3 aliphatic heterocycles. The van der Waals surface area contributed by atoms with Crippen LogP contribution in [0.15, 0.2) is 0 Å². The van der Waals surface area contributed by atoms with E-state index in [1.807, 2.05) is 0 Å². The first kappa shape index (κ1) is 30.9. The minimum Gasteiger partial charge on any atom is -0.394 e. The number of aliphatic hydroxyl groups is 8. The molecule has 12 N–H and O–H groups in total. The smallest absolute Gasteiger partial charge is 0.187 e. The summed E-state index contributed by atoms with van der Waals surface area (Å²) in [7, 11) is 0. The molecule has 16 heteroatoms. The summed E-state index contributed by atoms with van der Waals surface area (Å²) in [5.41, 5.74) is 11.5. The Hall–Kier alpha value is -0.640. The second-order valence-electron chi connectivity index (χ2n) is 9.40. The van der Waals surface area contributed by atoms with Crippen molar-refractivity contribution in [2.24, 2.45) is 11.5 Å². The Kier molecular flexibility index (Phi) is 11.4.